The van der Waals surface area contributed by atoms with Gasteiger partial charge in [-0.1, -0.05) is 357 Å². The zero-order valence-electron chi connectivity index (χ0n) is 61.4. The Morgan fingerprint density at radius 2 is 0.365 bits per heavy atom. The van der Waals surface area contributed by atoms with Crippen LogP contribution >= 0.6 is 0 Å². The molecule has 0 spiro atoms. The van der Waals surface area contributed by atoms with Crippen LogP contribution in [0, 0.1) is 0 Å². The molecular weight excluding hydrogens is 1180 g/mol. The van der Waals surface area contributed by atoms with Crippen LogP contribution in [0.3, 0.4) is 0 Å². The van der Waals surface area contributed by atoms with Gasteiger partial charge in [0, 0.05) is 33.4 Å². The summed E-state index contributed by atoms with van der Waals surface area (Å²) < 4.78 is 39.5. The van der Waals surface area contributed by atoms with Gasteiger partial charge in [-0.3, -0.25) is 0 Å². The van der Waals surface area contributed by atoms with Crippen LogP contribution in [0.15, 0.2) is 98.1 Å². The van der Waals surface area contributed by atoms with Crippen molar-refractivity contribution in [3.63, 3.8) is 0 Å². The molecule has 6 heteroatoms. The van der Waals surface area contributed by atoms with Gasteiger partial charge in [-0.15, -0.1) is 0 Å². The summed E-state index contributed by atoms with van der Waals surface area (Å²) in [5, 5.41) is 0. The lowest BCUT2D eigenvalue weighted by atomic mass is 10.0. The molecule has 0 aliphatic heterocycles. The molecule has 0 atom stereocenters. The van der Waals surface area contributed by atoms with E-state index >= 15 is 0 Å². The Morgan fingerprint density at radius 3 is 0.542 bits per heavy atom. The number of unbranched alkanes of at least 4 members (excludes halogenated alkanes) is 30. The SMILES string of the molecule is C=Cc1cc(OCCCCCCCC)c(/C=C/c2ccc(/C=C/c3cc(OCCCCCCCC)c(/C=C/c4ccc(/C=C/c5cc(OCCCCCCCC)c(C=C)cc5OCCCCCCCC)cc4)cc3OCCCCCCCC)cc2)cc1OCCCCCCCC. The fourth-order valence-corrected chi connectivity index (χ4v) is 11.9. The van der Waals surface area contributed by atoms with Crippen LogP contribution in [0.5, 0.6) is 34.5 Å². The molecule has 0 aliphatic carbocycles. The van der Waals surface area contributed by atoms with E-state index < -0.39 is 0 Å². The highest BCUT2D eigenvalue weighted by Gasteiger charge is 2.14. The van der Waals surface area contributed by atoms with Gasteiger partial charge in [-0.05, 0) is 97.2 Å². The van der Waals surface area contributed by atoms with E-state index in [-0.39, 0.29) is 0 Å². The summed E-state index contributed by atoms with van der Waals surface area (Å²) in [6, 6.07) is 30.5. The highest BCUT2D eigenvalue weighted by atomic mass is 16.5. The summed E-state index contributed by atoms with van der Waals surface area (Å²) in [7, 11) is 0. The summed E-state index contributed by atoms with van der Waals surface area (Å²) in [4.78, 5) is 0. The number of rotatable bonds is 58. The maximum absolute atomic E-state index is 6.77. The molecule has 6 nitrogen and oxygen atoms in total. The number of hydrogen-bond acceptors (Lipinski definition) is 6. The molecule has 0 unspecified atom stereocenters. The largest absolute Gasteiger partial charge is 0.493 e. The molecule has 5 aromatic carbocycles. The third-order valence-corrected chi connectivity index (χ3v) is 18.1. The topological polar surface area (TPSA) is 55.4 Å². The fourth-order valence-electron chi connectivity index (χ4n) is 11.9. The van der Waals surface area contributed by atoms with E-state index in [0.29, 0.717) is 39.6 Å². The Kier molecular flexibility index (Phi) is 43.7. The van der Waals surface area contributed by atoms with Crippen LogP contribution < -0.4 is 28.4 Å². The first-order valence-electron chi connectivity index (χ1n) is 38.8. The summed E-state index contributed by atoms with van der Waals surface area (Å²) in [5.41, 5.74) is 10.4. The molecule has 5 aromatic rings. The first kappa shape index (κ1) is 80.0. The summed E-state index contributed by atoms with van der Waals surface area (Å²) in [6.45, 7) is 26.0. The van der Waals surface area contributed by atoms with Crippen LogP contribution in [0.2, 0.25) is 0 Å². The smallest absolute Gasteiger partial charge is 0.127 e. The monoisotopic (exact) mass is 1310 g/mol. The molecule has 0 fully saturated rings. The predicted octanol–water partition coefficient (Wildman–Crippen LogP) is 28.1. The third kappa shape index (κ3) is 33.5. The molecule has 0 heterocycles. The molecule has 0 aromatic heterocycles. The second kappa shape index (κ2) is 52.5. The van der Waals surface area contributed by atoms with Crippen molar-refractivity contribution in [1.82, 2.24) is 0 Å². The zero-order valence-corrected chi connectivity index (χ0v) is 61.4. The fraction of sp³-hybridized carbons (Fsp3) is 0.533. The first-order chi connectivity index (χ1) is 47.4. The molecular formula is C90H130O6. The van der Waals surface area contributed by atoms with Gasteiger partial charge in [0.2, 0.25) is 0 Å². The van der Waals surface area contributed by atoms with Crippen LogP contribution in [-0.2, 0) is 0 Å². The number of ether oxygens (including phenoxy) is 6. The maximum Gasteiger partial charge on any atom is 0.127 e. The van der Waals surface area contributed by atoms with Crippen LogP contribution in [0.25, 0.3) is 60.8 Å². The van der Waals surface area contributed by atoms with E-state index in [1.807, 2.05) is 12.2 Å². The van der Waals surface area contributed by atoms with Gasteiger partial charge in [-0.25, -0.2) is 0 Å². The van der Waals surface area contributed by atoms with Crippen LogP contribution in [-0.4, -0.2) is 39.6 Å². The molecule has 0 saturated carbocycles. The van der Waals surface area contributed by atoms with Gasteiger partial charge in [0.05, 0.1) is 39.6 Å². The Morgan fingerprint density at radius 1 is 0.208 bits per heavy atom. The number of benzene rings is 5. The van der Waals surface area contributed by atoms with Gasteiger partial charge >= 0.3 is 0 Å². The molecule has 0 N–H and O–H groups in total. The van der Waals surface area contributed by atoms with Crippen molar-refractivity contribution in [1.29, 1.82) is 0 Å². The van der Waals surface area contributed by atoms with Gasteiger partial charge in [-0.2, -0.15) is 0 Å². The lowest BCUT2D eigenvalue weighted by molar-refractivity contribution is 0.295. The Balaban J connectivity index is 1.40. The van der Waals surface area contributed by atoms with Crippen molar-refractivity contribution >= 4 is 60.8 Å². The minimum absolute atomic E-state index is 0.664. The van der Waals surface area contributed by atoms with E-state index in [9.17, 15) is 0 Å². The lowest BCUT2D eigenvalue weighted by Crippen LogP contribution is -2.03. The number of hydrogen-bond donors (Lipinski definition) is 0. The van der Waals surface area contributed by atoms with Crippen LogP contribution in [0.4, 0.5) is 0 Å². The molecule has 0 radical (unpaired) electrons. The summed E-state index contributed by atoms with van der Waals surface area (Å²) in [5.74, 6) is 5.20. The lowest BCUT2D eigenvalue weighted by Gasteiger charge is -2.16. The van der Waals surface area contributed by atoms with Crippen molar-refractivity contribution in [2.45, 2.75) is 273 Å². The van der Waals surface area contributed by atoms with Crippen molar-refractivity contribution < 1.29 is 28.4 Å². The molecule has 0 bridgehead atoms. The third-order valence-electron chi connectivity index (χ3n) is 18.1. The van der Waals surface area contributed by atoms with Gasteiger partial charge in [0.25, 0.3) is 0 Å². The van der Waals surface area contributed by atoms with E-state index in [1.54, 1.807) is 0 Å². The maximum atomic E-state index is 6.77. The molecule has 5 rings (SSSR count). The minimum atomic E-state index is 0.664. The summed E-state index contributed by atoms with van der Waals surface area (Å²) in [6.07, 6.45) is 65.1. The summed E-state index contributed by atoms with van der Waals surface area (Å²) >= 11 is 0. The van der Waals surface area contributed by atoms with Crippen molar-refractivity contribution in [3.8, 4) is 34.5 Å². The second-order valence-electron chi connectivity index (χ2n) is 26.6. The Labute approximate surface area is 586 Å². The normalized spacial score (nSPS) is 11.6. The molecule has 96 heavy (non-hydrogen) atoms. The highest BCUT2D eigenvalue weighted by Crippen LogP contribution is 2.36. The molecule has 0 aliphatic rings. The van der Waals surface area contributed by atoms with Crippen molar-refractivity contribution in [2.75, 3.05) is 39.6 Å². The zero-order chi connectivity index (χ0) is 68.1. The van der Waals surface area contributed by atoms with Crippen LogP contribution in [0.1, 0.15) is 328 Å². The second-order valence-corrected chi connectivity index (χ2v) is 26.6. The predicted molar refractivity (Wildman–Crippen MR) is 421 cm³/mol. The Bertz CT molecular complexity index is 2760. The molecule has 526 valence electrons. The minimum Gasteiger partial charge on any atom is -0.493 e. The average molecular weight is 1310 g/mol. The molecule has 0 amide bonds. The highest BCUT2D eigenvalue weighted by molar-refractivity contribution is 5.81. The van der Waals surface area contributed by atoms with E-state index in [0.717, 1.165) is 141 Å². The molecule has 0 saturated heterocycles. The average Bonchev–Trinajstić information content (AvgIpc) is 1.18. The van der Waals surface area contributed by atoms with E-state index in [4.69, 9.17) is 28.4 Å². The standard InChI is InChI=1S/C90H130O6/c1-9-17-23-29-35-41-63-91-85-71-81(87(69-79(85)15-7)93-65-43-37-31-25-19-11-3)59-55-75-47-51-77(52-48-75)57-61-83-73-90(96-68-46-40-34-28-22-14-6)84(74-89(83)95-67-45-39-33-27-21-13-5)62-58-78-53-49-76(50-54-78)56-60-82-72-86(92-64-42-36-30-24-18-10-2)80(16-8)70-88(82)94-66-44-38-32-26-20-12-4/h15-16,47-62,69-74H,7-14,17-46,63-68H2,1-6H3/b59-55+,60-56+,61-57+,62-58+. The quantitative estimate of drug-likeness (QED) is 0.0286. The van der Waals surface area contributed by atoms with E-state index in [2.05, 4.69) is 188 Å². The van der Waals surface area contributed by atoms with E-state index in [1.165, 1.54) is 180 Å². The Hall–Kier alpha value is -6.66. The van der Waals surface area contributed by atoms with Gasteiger partial charge in [0.15, 0.2) is 0 Å². The van der Waals surface area contributed by atoms with Crippen molar-refractivity contribution in [2.24, 2.45) is 0 Å². The van der Waals surface area contributed by atoms with Crippen molar-refractivity contribution in [3.05, 3.63) is 154 Å². The van der Waals surface area contributed by atoms with Gasteiger partial charge in [0.1, 0.15) is 34.5 Å². The van der Waals surface area contributed by atoms with Gasteiger partial charge < -0.3 is 28.4 Å². The first-order valence-corrected chi connectivity index (χ1v) is 38.8.